The van der Waals surface area contributed by atoms with Gasteiger partial charge in [0.25, 0.3) is 0 Å². The van der Waals surface area contributed by atoms with Gasteiger partial charge in [-0.2, -0.15) is 0 Å². The second-order valence-electron chi connectivity index (χ2n) is 4.83. The Morgan fingerprint density at radius 3 is 2.63 bits per heavy atom. The van der Waals surface area contributed by atoms with Crippen LogP contribution in [0.15, 0.2) is 40.9 Å². The highest BCUT2D eigenvalue weighted by Crippen LogP contribution is 2.31. The van der Waals surface area contributed by atoms with Gasteiger partial charge in [0.1, 0.15) is 0 Å². The van der Waals surface area contributed by atoms with Crippen molar-refractivity contribution < 1.29 is 9.90 Å². The normalized spacial score (nSPS) is 13.3. The summed E-state index contributed by atoms with van der Waals surface area (Å²) in [5, 5.41) is 9.32. The third kappa shape index (κ3) is 2.30. The Labute approximate surface area is 120 Å². The first-order valence-electron chi connectivity index (χ1n) is 6.30. The third-order valence-electron chi connectivity index (χ3n) is 3.62. The summed E-state index contributed by atoms with van der Waals surface area (Å²) in [6, 6.07) is 11.7. The molecular formula is C16H13BrO2. The van der Waals surface area contributed by atoms with Crippen molar-refractivity contribution >= 4 is 21.9 Å². The van der Waals surface area contributed by atoms with Crippen LogP contribution in [0.5, 0.6) is 0 Å². The van der Waals surface area contributed by atoms with E-state index in [2.05, 4.69) is 28.1 Å². The van der Waals surface area contributed by atoms with Crippen LogP contribution in [0.1, 0.15) is 27.9 Å². The van der Waals surface area contributed by atoms with Crippen LogP contribution in [-0.4, -0.2) is 11.1 Å². The zero-order valence-electron chi connectivity index (χ0n) is 10.3. The Hall–Kier alpha value is -1.61. The van der Waals surface area contributed by atoms with E-state index in [1.54, 1.807) is 6.07 Å². The molecule has 3 rings (SSSR count). The number of carboxylic acids is 1. The molecule has 1 N–H and O–H groups in total. The van der Waals surface area contributed by atoms with Gasteiger partial charge < -0.3 is 5.11 Å². The van der Waals surface area contributed by atoms with Crippen molar-refractivity contribution in [2.24, 2.45) is 0 Å². The molecule has 0 aromatic heterocycles. The molecule has 0 saturated carbocycles. The number of rotatable bonds is 2. The second-order valence-corrected chi connectivity index (χ2v) is 5.75. The topological polar surface area (TPSA) is 37.3 Å². The highest BCUT2D eigenvalue weighted by Gasteiger charge is 2.15. The van der Waals surface area contributed by atoms with Gasteiger partial charge >= 0.3 is 5.97 Å². The minimum Gasteiger partial charge on any atom is -0.478 e. The first-order valence-corrected chi connectivity index (χ1v) is 7.09. The molecule has 0 bridgehead atoms. The Balaban J connectivity index is 2.14. The summed E-state index contributed by atoms with van der Waals surface area (Å²) in [6.45, 7) is 0. The van der Waals surface area contributed by atoms with Crippen LogP contribution in [0, 0.1) is 0 Å². The summed E-state index contributed by atoms with van der Waals surface area (Å²) >= 11 is 3.32. The van der Waals surface area contributed by atoms with E-state index in [1.807, 2.05) is 18.2 Å². The molecule has 0 unspecified atom stereocenters. The van der Waals surface area contributed by atoms with Gasteiger partial charge in [-0.1, -0.05) is 40.2 Å². The quantitative estimate of drug-likeness (QED) is 0.896. The summed E-state index contributed by atoms with van der Waals surface area (Å²) in [6.07, 6.45) is 3.44. The fraction of sp³-hybridized carbons (Fsp3) is 0.188. The van der Waals surface area contributed by atoms with Crippen LogP contribution in [-0.2, 0) is 12.8 Å². The fourth-order valence-electron chi connectivity index (χ4n) is 2.68. The number of fused-ring (bicyclic) bond motifs is 1. The van der Waals surface area contributed by atoms with Crippen LogP contribution < -0.4 is 0 Å². The maximum Gasteiger partial charge on any atom is 0.336 e. The highest BCUT2D eigenvalue weighted by molar-refractivity contribution is 9.10. The fourth-order valence-corrected chi connectivity index (χ4v) is 3.05. The van der Waals surface area contributed by atoms with Crippen LogP contribution in [0.4, 0.5) is 0 Å². The lowest BCUT2D eigenvalue weighted by molar-refractivity contribution is 0.0697. The largest absolute Gasteiger partial charge is 0.478 e. The lowest BCUT2D eigenvalue weighted by Crippen LogP contribution is -2.00. The maximum absolute atomic E-state index is 11.4. The van der Waals surface area contributed by atoms with Crippen molar-refractivity contribution in [2.45, 2.75) is 19.3 Å². The SMILES string of the molecule is O=C(O)c1cc(Br)ccc1-c1ccc2c(c1)CCC2. The van der Waals surface area contributed by atoms with E-state index in [-0.39, 0.29) is 0 Å². The smallest absolute Gasteiger partial charge is 0.336 e. The first-order chi connectivity index (χ1) is 9.15. The highest BCUT2D eigenvalue weighted by atomic mass is 79.9. The summed E-state index contributed by atoms with van der Waals surface area (Å²) in [5.41, 5.74) is 4.87. The van der Waals surface area contributed by atoms with E-state index in [1.165, 1.54) is 17.5 Å². The van der Waals surface area contributed by atoms with Gasteiger partial charge in [0.05, 0.1) is 5.56 Å². The van der Waals surface area contributed by atoms with E-state index >= 15 is 0 Å². The van der Waals surface area contributed by atoms with Crippen molar-refractivity contribution in [2.75, 3.05) is 0 Å². The number of aryl methyl sites for hydroxylation is 2. The molecule has 0 spiro atoms. The van der Waals surface area contributed by atoms with Crippen molar-refractivity contribution in [3.05, 3.63) is 57.6 Å². The van der Waals surface area contributed by atoms with Gasteiger partial charge in [0.15, 0.2) is 0 Å². The van der Waals surface area contributed by atoms with Crippen molar-refractivity contribution in [3.8, 4) is 11.1 Å². The van der Waals surface area contributed by atoms with Gasteiger partial charge in [0.2, 0.25) is 0 Å². The summed E-state index contributed by atoms with van der Waals surface area (Å²) in [5.74, 6) is -0.892. The van der Waals surface area contributed by atoms with E-state index in [0.29, 0.717) is 5.56 Å². The maximum atomic E-state index is 11.4. The molecule has 0 amide bonds. The second kappa shape index (κ2) is 4.82. The molecule has 2 nitrogen and oxygen atoms in total. The van der Waals surface area contributed by atoms with Gasteiger partial charge in [-0.3, -0.25) is 0 Å². The molecule has 96 valence electrons. The number of aromatic carboxylic acids is 1. The van der Waals surface area contributed by atoms with E-state index in [0.717, 1.165) is 28.4 Å². The number of halogens is 1. The van der Waals surface area contributed by atoms with Gasteiger partial charge in [-0.05, 0) is 53.6 Å². The number of benzene rings is 2. The van der Waals surface area contributed by atoms with Gasteiger partial charge in [-0.15, -0.1) is 0 Å². The third-order valence-corrected chi connectivity index (χ3v) is 4.11. The summed E-state index contributed by atoms with van der Waals surface area (Å²) in [4.78, 5) is 11.4. The van der Waals surface area contributed by atoms with Crippen molar-refractivity contribution in [1.29, 1.82) is 0 Å². The number of carbonyl (C=O) groups is 1. The van der Waals surface area contributed by atoms with Crippen LogP contribution in [0.3, 0.4) is 0 Å². The number of carboxylic acid groups (broad SMARTS) is 1. The lowest BCUT2D eigenvalue weighted by atomic mass is 9.96. The molecule has 0 radical (unpaired) electrons. The molecule has 0 fully saturated rings. The molecule has 1 aliphatic carbocycles. The Morgan fingerprint density at radius 1 is 1.05 bits per heavy atom. The monoisotopic (exact) mass is 316 g/mol. The standard InChI is InChI=1S/C16H13BrO2/c17-13-6-7-14(15(9-13)16(18)19)12-5-4-10-2-1-3-11(10)8-12/h4-9H,1-3H2,(H,18,19). The van der Waals surface area contributed by atoms with E-state index in [4.69, 9.17) is 0 Å². The Bertz CT molecular complexity index is 662. The average Bonchev–Trinajstić information content (AvgIpc) is 2.85. The molecule has 2 aromatic carbocycles. The van der Waals surface area contributed by atoms with E-state index < -0.39 is 5.97 Å². The molecule has 19 heavy (non-hydrogen) atoms. The first kappa shape index (κ1) is 12.4. The molecule has 0 saturated heterocycles. The number of hydrogen-bond donors (Lipinski definition) is 1. The predicted octanol–water partition coefficient (Wildman–Crippen LogP) is 4.30. The Morgan fingerprint density at radius 2 is 1.84 bits per heavy atom. The number of hydrogen-bond acceptors (Lipinski definition) is 1. The van der Waals surface area contributed by atoms with Crippen molar-refractivity contribution in [3.63, 3.8) is 0 Å². The molecule has 1 aliphatic rings. The zero-order valence-corrected chi connectivity index (χ0v) is 11.9. The minimum absolute atomic E-state index is 0.340. The molecule has 0 atom stereocenters. The summed E-state index contributed by atoms with van der Waals surface area (Å²) < 4.78 is 0.787. The zero-order chi connectivity index (χ0) is 13.4. The molecular weight excluding hydrogens is 304 g/mol. The van der Waals surface area contributed by atoms with Gasteiger partial charge in [0, 0.05) is 4.47 Å². The van der Waals surface area contributed by atoms with Gasteiger partial charge in [-0.25, -0.2) is 4.79 Å². The van der Waals surface area contributed by atoms with Crippen molar-refractivity contribution in [1.82, 2.24) is 0 Å². The molecule has 2 aromatic rings. The van der Waals surface area contributed by atoms with E-state index in [9.17, 15) is 9.90 Å². The molecule has 0 aliphatic heterocycles. The molecule has 0 heterocycles. The average molecular weight is 317 g/mol. The lowest BCUT2D eigenvalue weighted by Gasteiger charge is -2.09. The summed E-state index contributed by atoms with van der Waals surface area (Å²) in [7, 11) is 0. The van der Waals surface area contributed by atoms with Crippen LogP contribution >= 0.6 is 15.9 Å². The minimum atomic E-state index is -0.892. The van der Waals surface area contributed by atoms with Crippen LogP contribution in [0.25, 0.3) is 11.1 Å². The molecule has 3 heteroatoms. The predicted molar refractivity (Wildman–Crippen MR) is 78.6 cm³/mol. The van der Waals surface area contributed by atoms with Crippen LogP contribution in [0.2, 0.25) is 0 Å². The Kier molecular flexibility index (Phi) is 3.15.